The number of carbonyl (C=O) groups excluding carboxylic acids is 2. The van der Waals surface area contributed by atoms with Gasteiger partial charge in [-0.1, -0.05) is 6.07 Å². The summed E-state index contributed by atoms with van der Waals surface area (Å²) in [4.78, 5) is 25.0. The Kier molecular flexibility index (Phi) is 7.47. The van der Waals surface area contributed by atoms with Crippen molar-refractivity contribution in [3.63, 3.8) is 0 Å². The van der Waals surface area contributed by atoms with E-state index in [9.17, 15) is 22.4 Å². The smallest absolute Gasteiger partial charge is 0.246 e. The minimum Gasteiger partial charge on any atom is -0.497 e. The Morgan fingerprint density at radius 2 is 1.78 bits per heavy atom. The molecule has 0 radical (unpaired) electrons. The van der Waals surface area contributed by atoms with E-state index in [1.165, 1.54) is 23.5 Å². The van der Waals surface area contributed by atoms with Crippen LogP contribution >= 0.6 is 0 Å². The van der Waals surface area contributed by atoms with Crippen LogP contribution in [0.5, 0.6) is 5.75 Å². The SMILES string of the molecule is COc1cccc(NC(=O)C(C)NC(=O)C2CCN(S(=O)(=O)c3ccc(F)cc3)CC2)c1. The molecule has 1 heterocycles. The van der Waals surface area contributed by atoms with Crippen LogP contribution in [0.3, 0.4) is 0 Å². The number of methoxy groups -OCH3 is 1. The van der Waals surface area contributed by atoms with Crippen molar-refractivity contribution in [3.8, 4) is 5.75 Å². The third kappa shape index (κ3) is 5.63. The van der Waals surface area contributed by atoms with E-state index in [1.54, 1.807) is 31.2 Å². The van der Waals surface area contributed by atoms with Crippen LogP contribution in [0.25, 0.3) is 0 Å². The van der Waals surface area contributed by atoms with Crippen LogP contribution in [0.15, 0.2) is 53.4 Å². The Morgan fingerprint density at radius 3 is 2.41 bits per heavy atom. The summed E-state index contributed by atoms with van der Waals surface area (Å²) in [6.07, 6.45) is 0.660. The molecule has 172 valence electrons. The summed E-state index contributed by atoms with van der Waals surface area (Å²) in [5.74, 6) is -0.979. The standard InChI is InChI=1S/C22H26FN3O5S/c1-15(21(27)25-18-4-3-5-19(14-18)31-2)24-22(28)16-10-12-26(13-11-16)32(29,30)20-8-6-17(23)7-9-20/h3-9,14-16H,10-13H2,1-2H3,(H,24,28)(H,25,27). The zero-order valence-corrected chi connectivity index (χ0v) is 18.7. The molecular weight excluding hydrogens is 437 g/mol. The van der Waals surface area contributed by atoms with Gasteiger partial charge in [-0.2, -0.15) is 4.31 Å². The van der Waals surface area contributed by atoms with Crippen molar-refractivity contribution >= 4 is 27.5 Å². The summed E-state index contributed by atoms with van der Waals surface area (Å²) in [6.45, 7) is 1.92. The van der Waals surface area contributed by atoms with E-state index in [1.807, 2.05) is 0 Å². The molecule has 1 atom stereocenters. The summed E-state index contributed by atoms with van der Waals surface area (Å²) in [6, 6.07) is 10.8. The monoisotopic (exact) mass is 463 g/mol. The number of rotatable bonds is 7. The van der Waals surface area contributed by atoms with E-state index in [-0.39, 0.29) is 29.8 Å². The molecule has 2 amide bonds. The molecule has 0 bridgehead atoms. The maximum atomic E-state index is 13.1. The first kappa shape index (κ1) is 23.7. The first-order chi connectivity index (χ1) is 15.2. The number of amides is 2. The van der Waals surface area contributed by atoms with E-state index >= 15 is 0 Å². The van der Waals surface area contributed by atoms with Crippen LogP contribution in [0.4, 0.5) is 10.1 Å². The first-order valence-electron chi connectivity index (χ1n) is 10.2. The molecule has 1 saturated heterocycles. The van der Waals surface area contributed by atoms with E-state index in [4.69, 9.17) is 4.74 Å². The lowest BCUT2D eigenvalue weighted by Gasteiger charge is -2.31. The average molecular weight is 464 g/mol. The number of nitrogens with one attached hydrogen (secondary N) is 2. The Bertz CT molecular complexity index is 1070. The molecule has 3 rings (SSSR count). The average Bonchev–Trinajstić information content (AvgIpc) is 2.79. The Balaban J connectivity index is 1.52. The minimum absolute atomic E-state index is 0.0182. The van der Waals surface area contributed by atoms with Gasteiger partial charge < -0.3 is 15.4 Å². The van der Waals surface area contributed by atoms with Crippen LogP contribution < -0.4 is 15.4 Å². The topological polar surface area (TPSA) is 105 Å². The molecule has 1 fully saturated rings. The van der Waals surface area contributed by atoms with Crippen molar-refractivity contribution in [2.75, 3.05) is 25.5 Å². The zero-order chi connectivity index (χ0) is 23.3. The number of halogens is 1. The van der Waals surface area contributed by atoms with E-state index in [2.05, 4.69) is 10.6 Å². The summed E-state index contributed by atoms with van der Waals surface area (Å²) >= 11 is 0. The fraction of sp³-hybridized carbons (Fsp3) is 0.364. The molecule has 10 heteroatoms. The van der Waals surface area contributed by atoms with Gasteiger partial charge in [0.15, 0.2) is 0 Å². The van der Waals surface area contributed by atoms with Gasteiger partial charge in [-0.05, 0) is 56.2 Å². The summed E-state index contributed by atoms with van der Waals surface area (Å²) < 4.78 is 44.9. The number of nitrogens with zero attached hydrogens (tertiary/aromatic N) is 1. The predicted molar refractivity (Wildman–Crippen MR) is 117 cm³/mol. The van der Waals surface area contributed by atoms with Crippen molar-refractivity contribution in [2.45, 2.75) is 30.7 Å². The number of ether oxygens (including phenoxy) is 1. The second kappa shape index (κ2) is 10.1. The maximum Gasteiger partial charge on any atom is 0.246 e. The molecule has 32 heavy (non-hydrogen) atoms. The van der Waals surface area contributed by atoms with Gasteiger partial charge in [0.2, 0.25) is 21.8 Å². The molecule has 2 N–H and O–H groups in total. The molecule has 0 aliphatic carbocycles. The highest BCUT2D eigenvalue weighted by molar-refractivity contribution is 7.89. The highest BCUT2D eigenvalue weighted by atomic mass is 32.2. The van der Waals surface area contributed by atoms with Gasteiger partial charge in [0.05, 0.1) is 12.0 Å². The minimum atomic E-state index is -3.74. The van der Waals surface area contributed by atoms with Crippen molar-refractivity contribution in [2.24, 2.45) is 5.92 Å². The fourth-order valence-corrected chi connectivity index (χ4v) is 4.93. The van der Waals surface area contributed by atoms with Crippen molar-refractivity contribution < 1.29 is 27.1 Å². The van der Waals surface area contributed by atoms with Gasteiger partial charge in [-0.3, -0.25) is 9.59 Å². The maximum absolute atomic E-state index is 13.1. The van der Waals surface area contributed by atoms with Gasteiger partial charge in [-0.15, -0.1) is 0 Å². The molecule has 1 aliphatic heterocycles. The number of carbonyl (C=O) groups is 2. The molecule has 1 unspecified atom stereocenters. The fourth-order valence-electron chi connectivity index (χ4n) is 3.46. The molecule has 2 aromatic carbocycles. The number of hydrogen-bond acceptors (Lipinski definition) is 5. The van der Waals surface area contributed by atoms with Crippen LogP contribution in [0, 0.1) is 11.7 Å². The van der Waals surface area contributed by atoms with Gasteiger partial charge in [0, 0.05) is 30.8 Å². The van der Waals surface area contributed by atoms with Crippen LogP contribution in [0.1, 0.15) is 19.8 Å². The third-order valence-corrected chi connectivity index (χ3v) is 7.28. The lowest BCUT2D eigenvalue weighted by atomic mass is 9.97. The highest BCUT2D eigenvalue weighted by Gasteiger charge is 2.33. The molecule has 1 aliphatic rings. The summed E-state index contributed by atoms with van der Waals surface area (Å²) in [5, 5.41) is 5.42. The number of benzene rings is 2. The van der Waals surface area contributed by atoms with E-state index < -0.39 is 27.8 Å². The predicted octanol–water partition coefficient (Wildman–Crippen LogP) is 2.38. The molecule has 8 nitrogen and oxygen atoms in total. The second-order valence-electron chi connectivity index (χ2n) is 7.58. The van der Waals surface area contributed by atoms with Crippen molar-refractivity contribution in [3.05, 3.63) is 54.3 Å². The quantitative estimate of drug-likeness (QED) is 0.656. The van der Waals surface area contributed by atoms with Crippen LogP contribution in [0.2, 0.25) is 0 Å². The van der Waals surface area contributed by atoms with E-state index in [0.29, 0.717) is 24.3 Å². The lowest BCUT2D eigenvalue weighted by molar-refractivity contribution is -0.129. The van der Waals surface area contributed by atoms with Gasteiger partial charge in [0.1, 0.15) is 17.6 Å². The summed E-state index contributed by atoms with van der Waals surface area (Å²) in [5.41, 5.74) is 0.551. The highest BCUT2D eigenvalue weighted by Crippen LogP contribution is 2.24. The second-order valence-corrected chi connectivity index (χ2v) is 9.52. The van der Waals surface area contributed by atoms with Crippen LogP contribution in [-0.4, -0.2) is 50.8 Å². The van der Waals surface area contributed by atoms with Crippen LogP contribution in [-0.2, 0) is 19.6 Å². The van der Waals surface area contributed by atoms with Crippen molar-refractivity contribution in [1.82, 2.24) is 9.62 Å². The number of hydrogen-bond donors (Lipinski definition) is 2. The molecule has 2 aromatic rings. The number of anilines is 1. The molecule has 0 spiro atoms. The molecule has 0 saturated carbocycles. The third-order valence-electron chi connectivity index (χ3n) is 5.37. The number of sulfonamides is 1. The number of piperidine rings is 1. The van der Waals surface area contributed by atoms with Gasteiger partial charge in [0.25, 0.3) is 0 Å². The summed E-state index contributed by atoms with van der Waals surface area (Å²) in [7, 11) is -2.22. The lowest BCUT2D eigenvalue weighted by Crippen LogP contribution is -2.47. The largest absolute Gasteiger partial charge is 0.497 e. The van der Waals surface area contributed by atoms with Gasteiger partial charge >= 0.3 is 0 Å². The Labute approximate surface area is 186 Å². The Morgan fingerprint density at radius 1 is 1.12 bits per heavy atom. The van der Waals surface area contributed by atoms with E-state index in [0.717, 1.165) is 12.1 Å². The Hall–Kier alpha value is -2.98. The van der Waals surface area contributed by atoms with Gasteiger partial charge in [-0.25, -0.2) is 12.8 Å². The van der Waals surface area contributed by atoms with Crippen molar-refractivity contribution in [1.29, 1.82) is 0 Å². The first-order valence-corrected chi connectivity index (χ1v) is 11.7. The normalized spacial score (nSPS) is 16.2. The zero-order valence-electron chi connectivity index (χ0n) is 17.9. The molecular formula is C22H26FN3O5S. The molecule has 0 aromatic heterocycles.